The van der Waals surface area contributed by atoms with E-state index in [4.69, 9.17) is 11.5 Å². The highest BCUT2D eigenvalue weighted by Crippen LogP contribution is 2.33. The molecule has 2 heterocycles. The third-order valence-corrected chi connectivity index (χ3v) is 4.44. The Morgan fingerprint density at radius 2 is 2.08 bits per heavy atom. The van der Waals surface area contributed by atoms with E-state index in [1.165, 1.54) is 0 Å². The van der Waals surface area contributed by atoms with E-state index in [0.29, 0.717) is 5.56 Å². The largest absolute Gasteiger partial charge is 0.480 e. The van der Waals surface area contributed by atoms with Gasteiger partial charge < -0.3 is 9.67 Å². The molecule has 1 aromatic carbocycles. The Morgan fingerprint density at radius 3 is 2.79 bits per heavy atom. The summed E-state index contributed by atoms with van der Waals surface area (Å²) in [4.78, 5) is 36.4. The predicted molar refractivity (Wildman–Crippen MR) is 91.1 cm³/mol. The summed E-state index contributed by atoms with van der Waals surface area (Å²) in [5.41, 5.74) is 1.42. The minimum absolute atomic E-state index is 0.0667. The minimum Gasteiger partial charge on any atom is -0.480 e. The van der Waals surface area contributed by atoms with Crippen molar-refractivity contribution in [2.75, 3.05) is 6.54 Å². The van der Waals surface area contributed by atoms with Crippen molar-refractivity contribution >= 4 is 45.9 Å². The van der Waals surface area contributed by atoms with Crippen molar-refractivity contribution in [2.45, 2.75) is 6.54 Å². The van der Waals surface area contributed by atoms with Crippen LogP contribution in [-0.2, 0) is 16.1 Å². The fourth-order valence-electron chi connectivity index (χ4n) is 2.54. The van der Waals surface area contributed by atoms with E-state index >= 15 is 0 Å². The number of imide groups is 1. The van der Waals surface area contributed by atoms with Crippen LogP contribution >= 0.6 is 11.8 Å². The van der Waals surface area contributed by atoms with Crippen LogP contribution in [0.1, 0.15) is 5.56 Å². The number of aliphatic carboxylic acids is 1. The van der Waals surface area contributed by atoms with Crippen LogP contribution in [0.15, 0.2) is 35.4 Å². The van der Waals surface area contributed by atoms with Gasteiger partial charge in [0, 0.05) is 22.7 Å². The van der Waals surface area contributed by atoms with E-state index in [0.717, 1.165) is 27.6 Å². The first-order chi connectivity index (χ1) is 11.5. The smallest absolute Gasteiger partial charge is 0.323 e. The fourth-order valence-corrected chi connectivity index (χ4v) is 3.36. The molecule has 0 saturated carbocycles. The summed E-state index contributed by atoms with van der Waals surface area (Å²) in [7, 11) is 0. The first kappa shape index (κ1) is 15.9. The maximum absolute atomic E-state index is 12.3. The summed E-state index contributed by atoms with van der Waals surface area (Å²) in [6.07, 6.45) is 8.43. The first-order valence-corrected chi connectivity index (χ1v) is 7.81. The fraction of sp³-hybridized carbons (Fsp3) is 0.118. The highest BCUT2D eigenvalue weighted by Gasteiger charge is 2.34. The second kappa shape index (κ2) is 6.26. The van der Waals surface area contributed by atoms with E-state index in [1.54, 1.807) is 22.9 Å². The quantitative estimate of drug-likeness (QED) is 0.683. The average molecular weight is 340 g/mol. The Balaban J connectivity index is 2.05. The maximum Gasteiger partial charge on any atom is 0.323 e. The van der Waals surface area contributed by atoms with Crippen LogP contribution < -0.4 is 0 Å². The number of carboxylic acids is 1. The summed E-state index contributed by atoms with van der Waals surface area (Å²) in [6, 6.07) is 7.28. The number of nitrogens with zero attached hydrogens (tertiary/aromatic N) is 2. The number of carbonyl (C=O) groups is 3. The van der Waals surface area contributed by atoms with Crippen molar-refractivity contribution in [3.63, 3.8) is 0 Å². The number of hydrogen-bond acceptors (Lipinski definition) is 4. The molecule has 6 nitrogen and oxygen atoms in total. The monoisotopic (exact) mass is 340 g/mol. The van der Waals surface area contributed by atoms with Crippen LogP contribution in [0, 0.1) is 12.3 Å². The van der Waals surface area contributed by atoms with Crippen molar-refractivity contribution in [1.82, 2.24) is 9.47 Å². The molecule has 0 atom stereocenters. The molecule has 0 radical (unpaired) electrons. The van der Waals surface area contributed by atoms with Crippen molar-refractivity contribution in [2.24, 2.45) is 0 Å². The van der Waals surface area contributed by atoms with Crippen LogP contribution in [-0.4, -0.2) is 38.2 Å². The Kier molecular flexibility index (Phi) is 4.15. The van der Waals surface area contributed by atoms with Gasteiger partial charge in [-0.15, -0.1) is 6.42 Å². The van der Waals surface area contributed by atoms with Gasteiger partial charge in [-0.3, -0.25) is 19.3 Å². The zero-order valence-electron chi connectivity index (χ0n) is 12.4. The molecule has 1 aromatic heterocycles. The van der Waals surface area contributed by atoms with Gasteiger partial charge in [0.1, 0.15) is 6.54 Å². The van der Waals surface area contributed by atoms with Gasteiger partial charge in [-0.2, -0.15) is 0 Å². The number of fused-ring (bicyclic) bond motifs is 1. The maximum atomic E-state index is 12.3. The predicted octanol–water partition coefficient (Wildman–Crippen LogP) is 2.40. The van der Waals surface area contributed by atoms with E-state index in [2.05, 4.69) is 5.92 Å². The highest BCUT2D eigenvalue weighted by atomic mass is 32.2. The number of aromatic nitrogens is 1. The van der Waals surface area contributed by atoms with E-state index in [-0.39, 0.29) is 18.0 Å². The van der Waals surface area contributed by atoms with Gasteiger partial charge in [0.2, 0.25) is 0 Å². The standard InChI is InChI=1S/C17H12N2O4S/c1-2-7-19-16(22)14(24-17(19)23)8-11-9-18(10-15(20)21)13-6-4-3-5-12(11)13/h1,3-6,8-9H,7,10H2,(H,20,21)/b14-8-. The molecule has 7 heteroatoms. The third-order valence-electron chi connectivity index (χ3n) is 3.53. The number of benzene rings is 1. The van der Waals surface area contributed by atoms with Crippen LogP contribution in [0.5, 0.6) is 0 Å². The number of para-hydroxylation sites is 1. The molecule has 1 aliphatic rings. The van der Waals surface area contributed by atoms with Crippen molar-refractivity contribution < 1.29 is 19.5 Å². The molecule has 0 spiro atoms. The van der Waals surface area contributed by atoms with Gasteiger partial charge in [0.25, 0.3) is 11.1 Å². The van der Waals surface area contributed by atoms with Gasteiger partial charge in [0.05, 0.1) is 11.4 Å². The van der Waals surface area contributed by atoms with Gasteiger partial charge in [0.15, 0.2) is 0 Å². The number of terminal acetylenes is 1. The minimum atomic E-state index is -0.961. The normalized spacial score (nSPS) is 16.1. The Morgan fingerprint density at radius 1 is 1.33 bits per heavy atom. The SMILES string of the molecule is C#CCN1C(=O)S/C(=C\c2cn(CC(=O)O)c3ccccc23)C1=O. The molecule has 1 saturated heterocycles. The van der Waals surface area contributed by atoms with Gasteiger partial charge in [-0.25, -0.2) is 0 Å². The first-order valence-electron chi connectivity index (χ1n) is 6.99. The van der Waals surface area contributed by atoms with Gasteiger partial charge >= 0.3 is 5.97 Å². The number of carbonyl (C=O) groups excluding carboxylic acids is 2. The molecule has 3 rings (SSSR count). The molecule has 2 amide bonds. The molecule has 0 aliphatic carbocycles. The lowest BCUT2D eigenvalue weighted by atomic mass is 10.1. The van der Waals surface area contributed by atoms with Crippen LogP contribution in [0.4, 0.5) is 4.79 Å². The van der Waals surface area contributed by atoms with Gasteiger partial charge in [-0.05, 0) is 23.9 Å². The summed E-state index contributed by atoms with van der Waals surface area (Å²) in [5, 5.41) is 9.43. The Labute approximate surface area is 141 Å². The molecule has 0 bridgehead atoms. The van der Waals surface area contributed by atoms with Crippen LogP contribution in [0.2, 0.25) is 0 Å². The van der Waals surface area contributed by atoms with E-state index in [1.807, 2.05) is 18.2 Å². The van der Waals surface area contributed by atoms with Crippen molar-refractivity contribution in [1.29, 1.82) is 0 Å². The molecule has 1 N–H and O–H groups in total. The van der Waals surface area contributed by atoms with Crippen LogP contribution in [0.25, 0.3) is 17.0 Å². The van der Waals surface area contributed by atoms with Gasteiger partial charge in [-0.1, -0.05) is 24.1 Å². The summed E-state index contributed by atoms with van der Waals surface area (Å²) in [6.45, 7) is -0.254. The zero-order valence-corrected chi connectivity index (χ0v) is 13.2. The number of rotatable bonds is 4. The molecule has 0 unspecified atom stereocenters. The Hall–Kier alpha value is -2.98. The van der Waals surface area contributed by atoms with Crippen molar-refractivity contribution in [3.8, 4) is 12.3 Å². The Bertz CT molecular complexity index is 936. The zero-order chi connectivity index (χ0) is 17.3. The number of thioether (sulfide) groups is 1. The molecule has 2 aromatic rings. The lowest BCUT2D eigenvalue weighted by molar-refractivity contribution is -0.137. The lowest BCUT2D eigenvalue weighted by Crippen LogP contribution is -2.28. The summed E-state index contributed by atoms with van der Waals surface area (Å²) in [5.74, 6) is 0.891. The number of hydrogen-bond donors (Lipinski definition) is 1. The second-order valence-electron chi connectivity index (χ2n) is 5.10. The third kappa shape index (κ3) is 2.79. The average Bonchev–Trinajstić information content (AvgIpc) is 3.01. The number of amides is 2. The molecular formula is C17H12N2O4S. The second-order valence-corrected chi connectivity index (χ2v) is 6.09. The van der Waals surface area contributed by atoms with Crippen molar-refractivity contribution in [3.05, 3.63) is 40.9 Å². The molecule has 24 heavy (non-hydrogen) atoms. The summed E-state index contributed by atoms with van der Waals surface area (Å²) < 4.78 is 1.59. The van der Waals surface area contributed by atoms with E-state index in [9.17, 15) is 14.4 Å². The lowest BCUT2D eigenvalue weighted by Gasteiger charge is -2.06. The van der Waals surface area contributed by atoms with E-state index < -0.39 is 17.1 Å². The highest BCUT2D eigenvalue weighted by molar-refractivity contribution is 8.18. The molecule has 120 valence electrons. The molecule has 1 aliphatic heterocycles. The summed E-state index contributed by atoms with van der Waals surface area (Å²) >= 11 is 0.826. The molecular weight excluding hydrogens is 328 g/mol. The number of carboxylic acid groups (broad SMARTS) is 1. The van der Waals surface area contributed by atoms with Crippen LogP contribution in [0.3, 0.4) is 0 Å². The molecule has 1 fully saturated rings. The topological polar surface area (TPSA) is 79.6 Å².